The molecule has 1 aromatic heterocycles. The Morgan fingerprint density at radius 2 is 2.30 bits per heavy atom. The SMILES string of the molecule is CCCC[C@@H](Br)C(=O)Nc1nc2c(Br)cc(Cl)cc2s1. The van der Waals surface area contributed by atoms with E-state index in [1.54, 1.807) is 6.07 Å². The minimum Gasteiger partial charge on any atom is -0.301 e. The third-order valence-electron chi connectivity index (χ3n) is 2.74. The van der Waals surface area contributed by atoms with Crippen LogP contribution in [0.1, 0.15) is 26.2 Å². The minimum atomic E-state index is -0.179. The van der Waals surface area contributed by atoms with Gasteiger partial charge >= 0.3 is 0 Å². The summed E-state index contributed by atoms with van der Waals surface area (Å²) in [5, 5.41) is 4.08. The molecule has 0 unspecified atom stereocenters. The normalized spacial score (nSPS) is 12.6. The van der Waals surface area contributed by atoms with Gasteiger partial charge in [0.2, 0.25) is 5.91 Å². The Balaban J connectivity index is 2.14. The number of halogens is 3. The summed E-state index contributed by atoms with van der Waals surface area (Å²) in [4.78, 5) is 16.3. The van der Waals surface area contributed by atoms with E-state index in [9.17, 15) is 4.79 Å². The zero-order valence-corrected chi connectivity index (χ0v) is 15.5. The van der Waals surface area contributed by atoms with Gasteiger partial charge in [0.15, 0.2) is 5.13 Å². The van der Waals surface area contributed by atoms with Crippen molar-refractivity contribution >= 4 is 76.1 Å². The minimum absolute atomic E-state index is 0.0558. The van der Waals surface area contributed by atoms with E-state index in [-0.39, 0.29) is 10.7 Å². The fourth-order valence-corrected chi connectivity index (χ4v) is 4.18. The highest BCUT2D eigenvalue weighted by molar-refractivity contribution is 9.10. The molecule has 20 heavy (non-hydrogen) atoms. The number of unbranched alkanes of at least 4 members (excludes halogenated alkanes) is 1. The first-order chi connectivity index (χ1) is 9.51. The lowest BCUT2D eigenvalue weighted by atomic mass is 10.2. The second-order valence-electron chi connectivity index (χ2n) is 4.35. The third kappa shape index (κ3) is 3.93. The van der Waals surface area contributed by atoms with Gasteiger partial charge in [-0.25, -0.2) is 4.98 Å². The van der Waals surface area contributed by atoms with Gasteiger partial charge in [-0.05, 0) is 34.5 Å². The number of hydrogen-bond donors (Lipinski definition) is 1. The second-order valence-corrected chi connectivity index (χ2v) is 7.78. The van der Waals surface area contributed by atoms with Crippen LogP contribution in [0.4, 0.5) is 5.13 Å². The van der Waals surface area contributed by atoms with Gasteiger partial charge in [-0.3, -0.25) is 4.79 Å². The summed E-state index contributed by atoms with van der Waals surface area (Å²) in [5.74, 6) is -0.0558. The van der Waals surface area contributed by atoms with E-state index < -0.39 is 0 Å². The predicted octanol–water partition coefficient (Wildman–Crippen LogP) is 5.60. The van der Waals surface area contributed by atoms with E-state index in [2.05, 4.69) is 49.1 Å². The van der Waals surface area contributed by atoms with Crippen molar-refractivity contribution in [1.82, 2.24) is 4.98 Å². The van der Waals surface area contributed by atoms with E-state index in [1.807, 2.05) is 6.07 Å². The molecular formula is C13H13Br2ClN2OS. The number of thiazole rings is 1. The van der Waals surface area contributed by atoms with Gasteiger partial charge in [0.05, 0.1) is 15.0 Å². The summed E-state index contributed by atoms with van der Waals surface area (Å²) in [6.45, 7) is 2.10. The quantitative estimate of drug-likeness (QED) is 0.615. The summed E-state index contributed by atoms with van der Waals surface area (Å²) in [5.41, 5.74) is 0.814. The van der Waals surface area contributed by atoms with Crippen molar-refractivity contribution in [2.24, 2.45) is 0 Å². The number of nitrogens with zero attached hydrogens (tertiary/aromatic N) is 1. The molecule has 2 aromatic rings. The molecule has 7 heteroatoms. The molecule has 0 aliphatic carbocycles. The second kappa shape index (κ2) is 7.20. The number of amides is 1. The molecule has 0 aliphatic rings. The first kappa shape index (κ1) is 16.2. The molecule has 108 valence electrons. The Morgan fingerprint density at radius 3 is 3.00 bits per heavy atom. The Kier molecular flexibility index (Phi) is 5.84. The zero-order valence-electron chi connectivity index (χ0n) is 10.8. The molecular weight excluding hydrogens is 427 g/mol. The number of nitrogens with one attached hydrogen (secondary N) is 1. The molecule has 1 aromatic carbocycles. The van der Waals surface area contributed by atoms with Crippen LogP contribution in [0.15, 0.2) is 16.6 Å². The van der Waals surface area contributed by atoms with Crippen molar-refractivity contribution in [1.29, 1.82) is 0 Å². The number of carbonyl (C=O) groups is 1. The van der Waals surface area contributed by atoms with Crippen LogP contribution < -0.4 is 5.32 Å². The van der Waals surface area contributed by atoms with Crippen LogP contribution in [0.5, 0.6) is 0 Å². The number of rotatable bonds is 5. The van der Waals surface area contributed by atoms with Crippen LogP contribution in [0.3, 0.4) is 0 Å². The van der Waals surface area contributed by atoms with Crippen molar-refractivity contribution in [3.05, 3.63) is 21.6 Å². The lowest BCUT2D eigenvalue weighted by Crippen LogP contribution is -2.22. The average Bonchev–Trinajstić information content (AvgIpc) is 2.78. The molecule has 2 rings (SSSR count). The summed E-state index contributed by atoms with van der Waals surface area (Å²) in [6, 6.07) is 3.64. The standard InChI is InChI=1S/C13H13Br2ClN2OS/c1-2-3-4-8(14)12(19)18-13-17-11-9(15)5-7(16)6-10(11)20-13/h5-6,8H,2-4H2,1H3,(H,17,18,19)/t8-/m1/s1. The largest absolute Gasteiger partial charge is 0.301 e. The van der Waals surface area contributed by atoms with Crippen molar-refractivity contribution < 1.29 is 4.79 Å². The summed E-state index contributed by atoms with van der Waals surface area (Å²) >= 11 is 14.3. The number of benzene rings is 1. The first-order valence-electron chi connectivity index (χ1n) is 6.21. The lowest BCUT2D eigenvalue weighted by molar-refractivity contribution is -0.115. The Bertz CT molecular complexity index is 632. The van der Waals surface area contributed by atoms with Gasteiger partial charge < -0.3 is 5.32 Å². The molecule has 0 radical (unpaired) electrons. The molecule has 1 amide bonds. The van der Waals surface area contributed by atoms with Gasteiger partial charge in [-0.15, -0.1) is 0 Å². The number of anilines is 1. The highest BCUT2D eigenvalue weighted by Gasteiger charge is 2.16. The van der Waals surface area contributed by atoms with Crippen LogP contribution in [0, 0.1) is 0 Å². The monoisotopic (exact) mass is 438 g/mol. The van der Waals surface area contributed by atoms with Crippen molar-refractivity contribution in [3.8, 4) is 0 Å². The maximum absolute atomic E-state index is 12.0. The maximum Gasteiger partial charge on any atom is 0.239 e. The zero-order chi connectivity index (χ0) is 14.7. The van der Waals surface area contributed by atoms with E-state index >= 15 is 0 Å². The fraction of sp³-hybridized carbons (Fsp3) is 0.385. The number of aromatic nitrogens is 1. The van der Waals surface area contributed by atoms with Crippen molar-refractivity contribution in [3.63, 3.8) is 0 Å². The average molecular weight is 441 g/mol. The van der Waals surface area contributed by atoms with Gasteiger partial charge in [0, 0.05) is 9.50 Å². The van der Waals surface area contributed by atoms with Gasteiger partial charge in [0.1, 0.15) is 0 Å². The Labute approximate surface area is 143 Å². The smallest absolute Gasteiger partial charge is 0.239 e. The number of alkyl halides is 1. The van der Waals surface area contributed by atoms with Crippen LogP contribution in [0.2, 0.25) is 5.02 Å². The molecule has 1 N–H and O–H groups in total. The van der Waals surface area contributed by atoms with Gasteiger partial charge in [-0.2, -0.15) is 0 Å². The third-order valence-corrected chi connectivity index (χ3v) is 5.35. The molecule has 0 saturated heterocycles. The van der Waals surface area contributed by atoms with Gasteiger partial charge in [-0.1, -0.05) is 58.6 Å². The first-order valence-corrected chi connectivity index (χ1v) is 9.12. The predicted molar refractivity (Wildman–Crippen MR) is 93.2 cm³/mol. The number of fused-ring (bicyclic) bond motifs is 1. The molecule has 0 saturated carbocycles. The van der Waals surface area contributed by atoms with E-state index in [0.717, 1.165) is 34.0 Å². The van der Waals surface area contributed by atoms with E-state index in [4.69, 9.17) is 11.6 Å². The number of hydrogen-bond acceptors (Lipinski definition) is 3. The maximum atomic E-state index is 12.0. The summed E-state index contributed by atoms with van der Waals surface area (Å²) < 4.78 is 1.78. The topological polar surface area (TPSA) is 42.0 Å². The Morgan fingerprint density at radius 1 is 1.55 bits per heavy atom. The molecule has 1 atom stereocenters. The highest BCUT2D eigenvalue weighted by Crippen LogP contribution is 2.34. The lowest BCUT2D eigenvalue weighted by Gasteiger charge is -2.07. The highest BCUT2D eigenvalue weighted by atomic mass is 79.9. The molecule has 0 aliphatic heterocycles. The van der Waals surface area contributed by atoms with Crippen LogP contribution in [-0.2, 0) is 4.79 Å². The molecule has 0 spiro atoms. The van der Waals surface area contributed by atoms with Crippen molar-refractivity contribution in [2.45, 2.75) is 31.0 Å². The van der Waals surface area contributed by atoms with Gasteiger partial charge in [0.25, 0.3) is 0 Å². The fourth-order valence-electron chi connectivity index (χ4n) is 1.71. The molecule has 0 fully saturated rings. The van der Waals surface area contributed by atoms with Crippen LogP contribution in [0.25, 0.3) is 10.2 Å². The summed E-state index contributed by atoms with van der Waals surface area (Å²) in [6.07, 6.45) is 2.91. The molecule has 3 nitrogen and oxygen atoms in total. The molecule has 1 heterocycles. The van der Waals surface area contributed by atoms with E-state index in [0.29, 0.717) is 10.2 Å². The molecule has 0 bridgehead atoms. The van der Waals surface area contributed by atoms with Crippen molar-refractivity contribution in [2.75, 3.05) is 5.32 Å². The van der Waals surface area contributed by atoms with E-state index in [1.165, 1.54) is 11.3 Å². The number of carbonyl (C=O) groups excluding carboxylic acids is 1. The summed E-state index contributed by atoms with van der Waals surface area (Å²) in [7, 11) is 0. The van der Waals surface area contributed by atoms with Crippen LogP contribution in [-0.4, -0.2) is 15.7 Å². The Hall–Kier alpha value is -0.170. The van der Waals surface area contributed by atoms with Crippen LogP contribution >= 0.6 is 54.8 Å².